The summed E-state index contributed by atoms with van der Waals surface area (Å²) >= 11 is 0. The molecule has 0 bridgehead atoms. The van der Waals surface area contributed by atoms with Crippen LogP contribution in [0.4, 0.5) is 0 Å². The summed E-state index contributed by atoms with van der Waals surface area (Å²) in [4.78, 5) is 29.8. The Morgan fingerprint density at radius 2 is 1.94 bits per heavy atom. The molecule has 0 unspecified atom stereocenters. The molecular formula is C23H23N3O5. The maximum absolute atomic E-state index is 12.6. The fourth-order valence-electron chi connectivity index (χ4n) is 3.72. The number of imidazole rings is 1. The SMILES string of the molecule is COc1ccc2c(C)c(CC(=O)NCc3nc4ccccc4n3C)c(=O)oc2c1OC. The smallest absolute Gasteiger partial charge is 0.340 e. The van der Waals surface area contributed by atoms with E-state index in [-0.39, 0.29) is 18.9 Å². The molecule has 0 atom stereocenters. The first-order valence-corrected chi connectivity index (χ1v) is 9.79. The van der Waals surface area contributed by atoms with E-state index in [0.717, 1.165) is 16.9 Å². The van der Waals surface area contributed by atoms with Gasteiger partial charge >= 0.3 is 5.63 Å². The first-order valence-electron chi connectivity index (χ1n) is 9.79. The standard InChI is InChI=1S/C23H23N3O5/c1-13-14-9-10-18(29-3)22(30-4)21(14)31-23(28)15(13)11-20(27)24-12-19-25-16-7-5-6-8-17(16)26(19)2/h5-10H,11-12H2,1-4H3,(H,24,27). The molecule has 2 heterocycles. The number of rotatable bonds is 6. The van der Waals surface area contributed by atoms with Crippen molar-refractivity contribution < 1.29 is 18.7 Å². The summed E-state index contributed by atoms with van der Waals surface area (Å²) < 4.78 is 18.1. The maximum Gasteiger partial charge on any atom is 0.340 e. The van der Waals surface area contributed by atoms with Gasteiger partial charge in [0.15, 0.2) is 11.3 Å². The molecule has 2 aromatic carbocycles. The Kier molecular flexibility index (Phi) is 5.37. The molecule has 0 aliphatic carbocycles. The van der Waals surface area contributed by atoms with Gasteiger partial charge in [-0.3, -0.25) is 4.79 Å². The highest BCUT2D eigenvalue weighted by Gasteiger charge is 2.19. The molecule has 0 saturated heterocycles. The fraction of sp³-hybridized carbons (Fsp3) is 0.261. The topological polar surface area (TPSA) is 95.6 Å². The number of nitrogens with zero attached hydrogens (tertiary/aromatic N) is 2. The van der Waals surface area contributed by atoms with Crippen molar-refractivity contribution in [3.8, 4) is 11.5 Å². The molecule has 1 N–H and O–H groups in total. The van der Waals surface area contributed by atoms with Gasteiger partial charge in [-0.25, -0.2) is 9.78 Å². The van der Waals surface area contributed by atoms with Crippen LogP contribution >= 0.6 is 0 Å². The van der Waals surface area contributed by atoms with Crippen LogP contribution in [0.2, 0.25) is 0 Å². The van der Waals surface area contributed by atoms with Crippen molar-refractivity contribution in [2.24, 2.45) is 7.05 Å². The number of fused-ring (bicyclic) bond motifs is 2. The van der Waals surface area contributed by atoms with E-state index in [0.29, 0.717) is 33.6 Å². The Labute approximate surface area is 178 Å². The van der Waals surface area contributed by atoms with Crippen molar-refractivity contribution in [1.82, 2.24) is 14.9 Å². The number of benzene rings is 2. The van der Waals surface area contributed by atoms with Crippen molar-refractivity contribution >= 4 is 27.9 Å². The minimum atomic E-state index is -0.575. The van der Waals surface area contributed by atoms with Crippen LogP contribution in [0.1, 0.15) is 17.0 Å². The Morgan fingerprint density at radius 1 is 1.16 bits per heavy atom. The molecule has 1 amide bonds. The quantitative estimate of drug-likeness (QED) is 0.481. The normalized spacial score (nSPS) is 11.1. The molecule has 31 heavy (non-hydrogen) atoms. The van der Waals surface area contributed by atoms with Crippen molar-refractivity contribution in [3.63, 3.8) is 0 Å². The number of methoxy groups -OCH3 is 2. The van der Waals surface area contributed by atoms with E-state index in [1.54, 1.807) is 19.1 Å². The van der Waals surface area contributed by atoms with E-state index in [2.05, 4.69) is 10.3 Å². The van der Waals surface area contributed by atoms with Crippen molar-refractivity contribution in [2.75, 3.05) is 14.2 Å². The van der Waals surface area contributed by atoms with E-state index < -0.39 is 5.63 Å². The number of aryl methyl sites for hydroxylation is 2. The largest absolute Gasteiger partial charge is 0.493 e. The zero-order valence-electron chi connectivity index (χ0n) is 17.8. The van der Waals surface area contributed by atoms with Crippen LogP contribution < -0.4 is 20.4 Å². The minimum Gasteiger partial charge on any atom is -0.493 e. The molecule has 8 heteroatoms. The average Bonchev–Trinajstić information content (AvgIpc) is 3.10. The molecule has 0 spiro atoms. The third-order valence-corrected chi connectivity index (χ3v) is 5.46. The summed E-state index contributed by atoms with van der Waals surface area (Å²) in [6.07, 6.45) is -0.0948. The zero-order chi connectivity index (χ0) is 22.1. The van der Waals surface area contributed by atoms with E-state index in [1.807, 2.05) is 35.9 Å². The highest BCUT2D eigenvalue weighted by atomic mass is 16.5. The molecular weight excluding hydrogens is 398 g/mol. The molecule has 2 aromatic heterocycles. The van der Waals surface area contributed by atoms with Crippen LogP contribution in [0.3, 0.4) is 0 Å². The highest BCUT2D eigenvalue weighted by Crippen LogP contribution is 2.36. The Bertz CT molecular complexity index is 1350. The van der Waals surface area contributed by atoms with Crippen LogP contribution in [0, 0.1) is 6.92 Å². The lowest BCUT2D eigenvalue weighted by Gasteiger charge is -2.13. The van der Waals surface area contributed by atoms with Crippen molar-refractivity contribution in [3.05, 3.63) is 63.8 Å². The number of aromatic nitrogens is 2. The number of carbonyl (C=O) groups excluding carboxylic acids is 1. The van der Waals surface area contributed by atoms with Crippen molar-refractivity contribution in [1.29, 1.82) is 0 Å². The van der Waals surface area contributed by atoms with Crippen LogP contribution in [0.15, 0.2) is 45.6 Å². The number of nitrogens with one attached hydrogen (secondary N) is 1. The number of ether oxygens (including phenoxy) is 2. The maximum atomic E-state index is 12.6. The summed E-state index contributed by atoms with van der Waals surface area (Å²) in [5, 5.41) is 3.54. The van der Waals surface area contributed by atoms with E-state index in [4.69, 9.17) is 13.9 Å². The second kappa shape index (κ2) is 8.14. The molecule has 4 rings (SSSR count). The van der Waals surface area contributed by atoms with Crippen LogP contribution in [0.25, 0.3) is 22.0 Å². The molecule has 8 nitrogen and oxygen atoms in total. The number of amides is 1. The summed E-state index contributed by atoms with van der Waals surface area (Å²) in [6.45, 7) is 2.05. The van der Waals surface area contributed by atoms with Gasteiger partial charge in [0, 0.05) is 12.4 Å². The lowest BCUT2D eigenvalue weighted by atomic mass is 10.0. The summed E-state index contributed by atoms with van der Waals surface area (Å²) in [5.74, 6) is 1.25. The summed E-state index contributed by atoms with van der Waals surface area (Å²) in [6, 6.07) is 11.3. The minimum absolute atomic E-state index is 0.0948. The van der Waals surface area contributed by atoms with Gasteiger partial charge in [0.05, 0.1) is 43.8 Å². The van der Waals surface area contributed by atoms with Crippen LogP contribution in [-0.2, 0) is 24.8 Å². The molecule has 0 fully saturated rings. The van der Waals surface area contributed by atoms with E-state index in [9.17, 15) is 9.59 Å². The Balaban J connectivity index is 1.58. The Morgan fingerprint density at radius 3 is 2.65 bits per heavy atom. The average molecular weight is 421 g/mol. The van der Waals surface area contributed by atoms with Crippen LogP contribution in [-0.4, -0.2) is 29.7 Å². The first kappa shape index (κ1) is 20.5. The molecule has 160 valence electrons. The van der Waals surface area contributed by atoms with Gasteiger partial charge in [0.25, 0.3) is 0 Å². The lowest BCUT2D eigenvalue weighted by Crippen LogP contribution is -2.28. The third-order valence-electron chi connectivity index (χ3n) is 5.46. The number of carbonyl (C=O) groups is 1. The monoisotopic (exact) mass is 421 g/mol. The number of hydrogen-bond acceptors (Lipinski definition) is 6. The van der Waals surface area contributed by atoms with Crippen molar-refractivity contribution in [2.45, 2.75) is 19.9 Å². The van der Waals surface area contributed by atoms with Gasteiger partial charge in [-0.05, 0) is 36.8 Å². The van der Waals surface area contributed by atoms with Gasteiger partial charge in [-0.2, -0.15) is 0 Å². The highest BCUT2D eigenvalue weighted by molar-refractivity contribution is 5.90. The van der Waals surface area contributed by atoms with Gasteiger partial charge in [0.1, 0.15) is 5.82 Å². The molecule has 0 radical (unpaired) electrons. The van der Waals surface area contributed by atoms with Gasteiger partial charge in [0.2, 0.25) is 11.7 Å². The van der Waals surface area contributed by atoms with Crippen LogP contribution in [0.5, 0.6) is 11.5 Å². The summed E-state index contributed by atoms with van der Waals surface area (Å²) in [5.41, 5.74) is 2.56. The fourth-order valence-corrected chi connectivity index (χ4v) is 3.72. The number of hydrogen-bond donors (Lipinski definition) is 1. The molecule has 0 aliphatic rings. The van der Waals surface area contributed by atoms with Gasteiger partial charge in [-0.15, -0.1) is 0 Å². The lowest BCUT2D eigenvalue weighted by molar-refractivity contribution is -0.120. The Hall–Kier alpha value is -3.81. The zero-order valence-corrected chi connectivity index (χ0v) is 17.8. The first-order chi connectivity index (χ1) is 14.9. The summed E-state index contributed by atoms with van der Waals surface area (Å²) in [7, 11) is 4.90. The van der Waals surface area contributed by atoms with E-state index in [1.165, 1.54) is 14.2 Å². The van der Waals surface area contributed by atoms with Gasteiger partial charge < -0.3 is 23.8 Å². The number of para-hydroxylation sites is 2. The third kappa shape index (κ3) is 3.61. The molecule has 4 aromatic rings. The van der Waals surface area contributed by atoms with Gasteiger partial charge in [-0.1, -0.05) is 12.1 Å². The predicted molar refractivity (Wildman–Crippen MR) is 117 cm³/mol. The second-order valence-electron chi connectivity index (χ2n) is 7.20. The van der Waals surface area contributed by atoms with E-state index >= 15 is 0 Å². The molecule has 0 saturated carbocycles. The predicted octanol–water partition coefficient (Wildman–Crippen LogP) is 2.86. The molecule has 0 aliphatic heterocycles. The second-order valence-corrected chi connectivity index (χ2v) is 7.20.